The third-order valence-corrected chi connectivity index (χ3v) is 3.72. The van der Waals surface area contributed by atoms with E-state index in [4.69, 9.17) is 4.74 Å². The number of halogens is 1. The first kappa shape index (κ1) is 15.4. The van der Waals surface area contributed by atoms with Gasteiger partial charge in [0.15, 0.2) is 5.78 Å². The summed E-state index contributed by atoms with van der Waals surface area (Å²) in [6.45, 7) is 1.47. The zero-order valence-corrected chi connectivity index (χ0v) is 13.3. The lowest BCUT2D eigenvalue weighted by Gasteiger charge is -2.17. The molecule has 1 unspecified atom stereocenters. The van der Waals surface area contributed by atoms with Gasteiger partial charge in [0, 0.05) is 10.9 Å². The Kier molecular flexibility index (Phi) is 4.90. The molecule has 0 aliphatic rings. The van der Waals surface area contributed by atoms with Gasteiger partial charge in [0.05, 0.1) is 19.6 Å². The van der Waals surface area contributed by atoms with Gasteiger partial charge in [0.2, 0.25) is 5.75 Å². The van der Waals surface area contributed by atoms with Crippen molar-refractivity contribution in [3.8, 4) is 5.75 Å². The second kappa shape index (κ2) is 6.67. The summed E-state index contributed by atoms with van der Waals surface area (Å²) < 4.78 is 7.25. The average Bonchev–Trinajstić information content (AvgIpc) is 2.47. The maximum atomic E-state index is 12.2. The molecule has 2 rings (SSSR count). The number of ketones is 1. The summed E-state index contributed by atoms with van der Waals surface area (Å²) in [5, 5.41) is 0. The van der Waals surface area contributed by atoms with Gasteiger partial charge in [-0.15, -0.1) is 0 Å². The molecule has 110 valence electrons. The number of Topliss-reactive ketones (excluding diaryl/α,β-unsaturated/α-hetero) is 1. The highest BCUT2D eigenvalue weighted by Crippen LogP contribution is 2.17. The van der Waals surface area contributed by atoms with Crippen LogP contribution in [-0.2, 0) is 11.2 Å². The van der Waals surface area contributed by atoms with E-state index in [2.05, 4.69) is 20.9 Å². The van der Waals surface area contributed by atoms with Crippen molar-refractivity contribution >= 4 is 21.7 Å². The molecule has 0 saturated heterocycles. The van der Waals surface area contributed by atoms with Crippen LogP contribution in [0.3, 0.4) is 0 Å². The Labute approximate surface area is 130 Å². The molecule has 21 heavy (non-hydrogen) atoms. The largest absolute Gasteiger partial charge is 0.490 e. The Hall–Kier alpha value is -1.95. The minimum absolute atomic E-state index is 0.102. The standard InChI is InChI=1S/C15H15BrN2O3/c1-10(19)13(7-11-3-5-12(16)6-4-11)18-9-17-8-14(21-2)15(18)20/h3-6,8-9,13H,7H2,1-2H3. The molecular weight excluding hydrogens is 336 g/mol. The van der Waals surface area contributed by atoms with Gasteiger partial charge >= 0.3 is 0 Å². The van der Waals surface area contributed by atoms with Gasteiger partial charge in [-0.25, -0.2) is 4.98 Å². The van der Waals surface area contributed by atoms with Crippen molar-refractivity contribution in [1.82, 2.24) is 9.55 Å². The summed E-state index contributed by atoms with van der Waals surface area (Å²) in [6, 6.07) is 7.04. The fourth-order valence-corrected chi connectivity index (χ4v) is 2.32. The van der Waals surface area contributed by atoms with Crippen molar-refractivity contribution in [3.05, 3.63) is 57.2 Å². The molecule has 0 aliphatic carbocycles. The molecule has 0 amide bonds. The summed E-state index contributed by atoms with van der Waals surface area (Å²) in [6.07, 6.45) is 3.14. The van der Waals surface area contributed by atoms with Crippen molar-refractivity contribution in [3.63, 3.8) is 0 Å². The van der Waals surface area contributed by atoms with Crippen LogP contribution in [0.5, 0.6) is 5.75 Å². The molecule has 0 fully saturated rings. The number of rotatable bonds is 5. The molecule has 5 nitrogen and oxygen atoms in total. The molecule has 1 heterocycles. The van der Waals surface area contributed by atoms with Crippen molar-refractivity contribution in [2.75, 3.05) is 7.11 Å². The molecule has 0 radical (unpaired) electrons. The quantitative estimate of drug-likeness (QED) is 0.830. The first-order valence-corrected chi connectivity index (χ1v) is 7.17. The maximum absolute atomic E-state index is 12.2. The Morgan fingerprint density at radius 1 is 1.38 bits per heavy atom. The third-order valence-electron chi connectivity index (χ3n) is 3.20. The SMILES string of the molecule is COc1cncn(C(Cc2ccc(Br)cc2)C(C)=O)c1=O. The van der Waals surface area contributed by atoms with Gasteiger partial charge in [0.1, 0.15) is 6.04 Å². The first-order chi connectivity index (χ1) is 10.0. The number of nitrogens with zero attached hydrogens (tertiary/aromatic N) is 2. The van der Waals surface area contributed by atoms with Crippen molar-refractivity contribution in [2.24, 2.45) is 0 Å². The van der Waals surface area contributed by atoms with Crippen LogP contribution in [-0.4, -0.2) is 22.4 Å². The molecule has 0 N–H and O–H groups in total. The minimum Gasteiger partial charge on any atom is -0.490 e. The fraction of sp³-hybridized carbons (Fsp3) is 0.267. The monoisotopic (exact) mass is 350 g/mol. The molecule has 0 bridgehead atoms. The van der Waals surface area contributed by atoms with Crippen molar-refractivity contribution < 1.29 is 9.53 Å². The molecule has 0 saturated carbocycles. The predicted octanol–water partition coefficient (Wildman–Crippen LogP) is 2.39. The van der Waals surface area contributed by atoms with Gasteiger partial charge in [-0.1, -0.05) is 28.1 Å². The van der Waals surface area contributed by atoms with Gasteiger partial charge in [-0.2, -0.15) is 0 Å². The molecule has 0 aliphatic heterocycles. The second-order valence-corrected chi connectivity index (χ2v) is 5.55. The van der Waals surface area contributed by atoms with E-state index in [0.717, 1.165) is 10.0 Å². The summed E-state index contributed by atoms with van der Waals surface area (Å²) in [5.74, 6) is 0.0228. The predicted molar refractivity (Wildman–Crippen MR) is 82.6 cm³/mol. The second-order valence-electron chi connectivity index (χ2n) is 4.63. The van der Waals surface area contributed by atoms with Gasteiger partial charge in [0.25, 0.3) is 5.56 Å². The average molecular weight is 351 g/mol. The Bertz CT molecular complexity index is 695. The van der Waals surface area contributed by atoms with E-state index in [-0.39, 0.29) is 17.1 Å². The van der Waals surface area contributed by atoms with Crippen LogP contribution in [0.4, 0.5) is 0 Å². The highest BCUT2D eigenvalue weighted by Gasteiger charge is 2.20. The van der Waals surface area contributed by atoms with Crippen LogP contribution >= 0.6 is 15.9 Å². The van der Waals surface area contributed by atoms with Crippen LogP contribution in [0.25, 0.3) is 0 Å². The summed E-state index contributed by atoms with van der Waals surface area (Å²) >= 11 is 3.37. The van der Waals surface area contributed by atoms with Crippen LogP contribution in [0, 0.1) is 0 Å². The topological polar surface area (TPSA) is 61.2 Å². The van der Waals surface area contributed by atoms with Crippen molar-refractivity contribution in [1.29, 1.82) is 0 Å². The molecule has 0 spiro atoms. The third kappa shape index (κ3) is 3.58. The number of hydrogen-bond acceptors (Lipinski definition) is 4. The summed E-state index contributed by atoms with van der Waals surface area (Å²) in [4.78, 5) is 28.1. The molecule has 1 atom stereocenters. The summed E-state index contributed by atoms with van der Waals surface area (Å²) in [5.41, 5.74) is 0.609. The molecular formula is C15H15BrN2O3. The van der Waals surface area contributed by atoms with E-state index in [0.29, 0.717) is 6.42 Å². The van der Waals surface area contributed by atoms with E-state index in [1.54, 1.807) is 0 Å². The Balaban J connectivity index is 2.38. The number of carbonyl (C=O) groups excluding carboxylic acids is 1. The van der Waals surface area contributed by atoms with E-state index < -0.39 is 6.04 Å². The molecule has 1 aromatic carbocycles. The van der Waals surface area contributed by atoms with Crippen molar-refractivity contribution in [2.45, 2.75) is 19.4 Å². The lowest BCUT2D eigenvalue weighted by atomic mass is 10.0. The number of aromatic nitrogens is 2. The Morgan fingerprint density at radius 2 is 2.05 bits per heavy atom. The molecule has 2 aromatic rings. The normalized spacial score (nSPS) is 12.0. The highest BCUT2D eigenvalue weighted by molar-refractivity contribution is 9.10. The molecule has 1 aromatic heterocycles. The highest BCUT2D eigenvalue weighted by atomic mass is 79.9. The van der Waals surface area contributed by atoms with E-state index in [1.165, 1.54) is 31.1 Å². The van der Waals surface area contributed by atoms with Gasteiger partial charge < -0.3 is 4.74 Å². The lowest BCUT2D eigenvalue weighted by molar-refractivity contribution is -0.120. The number of ether oxygens (including phenoxy) is 1. The maximum Gasteiger partial charge on any atom is 0.296 e. The van der Waals surface area contributed by atoms with Crippen LogP contribution in [0.1, 0.15) is 18.5 Å². The number of carbonyl (C=O) groups is 1. The number of methoxy groups -OCH3 is 1. The van der Waals surface area contributed by atoms with Gasteiger partial charge in [-0.05, 0) is 24.6 Å². The zero-order valence-electron chi connectivity index (χ0n) is 11.7. The van der Waals surface area contributed by atoms with Crippen LogP contribution in [0.2, 0.25) is 0 Å². The fourth-order valence-electron chi connectivity index (χ4n) is 2.05. The van der Waals surface area contributed by atoms with E-state index in [9.17, 15) is 9.59 Å². The zero-order chi connectivity index (χ0) is 15.4. The van der Waals surface area contributed by atoms with E-state index >= 15 is 0 Å². The van der Waals surface area contributed by atoms with Crippen LogP contribution < -0.4 is 10.3 Å². The minimum atomic E-state index is -0.596. The van der Waals surface area contributed by atoms with Gasteiger partial charge in [-0.3, -0.25) is 14.2 Å². The smallest absolute Gasteiger partial charge is 0.296 e. The lowest BCUT2D eigenvalue weighted by Crippen LogP contribution is -2.31. The molecule has 6 heteroatoms. The van der Waals surface area contributed by atoms with Crippen LogP contribution in [0.15, 0.2) is 46.1 Å². The first-order valence-electron chi connectivity index (χ1n) is 6.38. The number of hydrogen-bond donors (Lipinski definition) is 0. The summed E-state index contributed by atoms with van der Waals surface area (Å²) in [7, 11) is 1.40. The number of benzene rings is 1. The Morgan fingerprint density at radius 3 is 2.62 bits per heavy atom. The van der Waals surface area contributed by atoms with E-state index in [1.807, 2.05) is 24.3 Å².